The monoisotopic (exact) mass is 620 g/mol. The Hall–Kier alpha value is -5.42. The van der Waals surface area contributed by atoms with Crippen molar-refractivity contribution in [1.29, 1.82) is 0 Å². The summed E-state index contributed by atoms with van der Waals surface area (Å²) in [4.78, 5) is 60.9. The number of H-pyrrole nitrogens is 2. The third-order valence-electron chi connectivity index (χ3n) is 8.55. The molecule has 2 aromatic heterocycles. The average Bonchev–Trinajstić information content (AvgIpc) is 3.75. The molecule has 0 radical (unpaired) electrons. The Kier molecular flexibility index (Phi) is 8.58. The number of nitrogens with one attached hydrogen (secondary N) is 5. The summed E-state index contributed by atoms with van der Waals surface area (Å²) in [5.41, 5.74) is 5.30. The van der Waals surface area contributed by atoms with Crippen LogP contribution in [0.3, 0.4) is 0 Å². The molecule has 2 aliphatic heterocycles. The minimum absolute atomic E-state index is 0.0492. The van der Waals surface area contributed by atoms with Gasteiger partial charge in [-0.25, -0.2) is 0 Å². The molecule has 5 N–H and O–H groups in total. The van der Waals surface area contributed by atoms with Gasteiger partial charge < -0.3 is 35.6 Å². The van der Waals surface area contributed by atoms with Gasteiger partial charge in [0.2, 0.25) is 5.43 Å². The van der Waals surface area contributed by atoms with Crippen molar-refractivity contribution in [2.75, 3.05) is 43.9 Å². The van der Waals surface area contributed by atoms with Crippen LogP contribution >= 0.6 is 0 Å². The van der Waals surface area contributed by atoms with E-state index in [0.29, 0.717) is 57.2 Å². The molecule has 11 heteroatoms. The Balaban J connectivity index is 1.18. The number of likely N-dealkylation sites (tertiary alicyclic amines) is 1. The standard InChI is InChI=1S/C35H36N6O5/c1-20-29(38-21(2)31(20)35(45)37-12-15-41-13-4-5-14-41)17-26-25-11-8-23(16-30(25)40-33(26)43)39-34(44)28-19-36-18-27(32(28)42)22-6-9-24(46-3)10-7-22/h6-11,16-19,38H,4-5,12-15H2,1-3H3,(H,36,42)(H,37,45)(H,39,44)(H,40,43). The number of aromatic nitrogens is 2. The van der Waals surface area contributed by atoms with E-state index < -0.39 is 11.3 Å². The number of nitrogens with zero attached hydrogens (tertiary/aromatic N) is 1. The van der Waals surface area contributed by atoms with Gasteiger partial charge in [0, 0.05) is 53.7 Å². The summed E-state index contributed by atoms with van der Waals surface area (Å²) in [5.74, 6) is -0.365. The Morgan fingerprint density at radius 3 is 2.48 bits per heavy atom. The number of aryl methyl sites for hydroxylation is 1. The Bertz CT molecular complexity index is 1910. The maximum Gasteiger partial charge on any atom is 0.261 e. The van der Waals surface area contributed by atoms with Gasteiger partial charge in [0.25, 0.3) is 17.7 Å². The van der Waals surface area contributed by atoms with Crippen molar-refractivity contribution in [2.45, 2.75) is 26.7 Å². The highest BCUT2D eigenvalue weighted by Gasteiger charge is 2.26. The summed E-state index contributed by atoms with van der Waals surface area (Å²) in [6.07, 6.45) is 7.07. The lowest BCUT2D eigenvalue weighted by Crippen LogP contribution is -2.33. The third kappa shape index (κ3) is 6.09. The van der Waals surface area contributed by atoms with Crippen molar-refractivity contribution >= 4 is 40.7 Å². The highest BCUT2D eigenvalue weighted by atomic mass is 16.5. The van der Waals surface area contributed by atoms with Crippen molar-refractivity contribution in [1.82, 2.24) is 20.2 Å². The summed E-state index contributed by atoms with van der Waals surface area (Å²) >= 11 is 0. The number of carbonyl (C=O) groups is 3. The van der Waals surface area contributed by atoms with E-state index in [1.165, 1.54) is 19.0 Å². The molecule has 2 aliphatic rings. The van der Waals surface area contributed by atoms with E-state index >= 15 is 0 Å². The van der Waals surface area contributed by atoms with Gasteiger partial charge in [-0.15, -0.1) is 0 Å². The van der Waals surface area contributed by atoms with Gasteiger partial charge in [-0.2, -0.15) is 0 Å². The molecule has 1 saturated heterocycles. The van der Waals surface area contributed by atoms with E-state index in [1.54, 1.807) is 61.8 Å². The van der Waals surface area contributed by atoms with Gasteiger partial charge in [0.05, 0.1) is 23.9 Å². The lowest BCUT2D eigenvalue weighted by molar-refractivity contribution is -0.110. The van der Waals surface area contributed by atoms with Crippen LogP contribution < -0.4 is 26.1 Å². The van der Waals surface area contributed by atoms with E-state index in [4.69, 9.17) is 4.74 Å². The van der Waals surface area contributed by atoms with Crippen LogP contribution in [0.2, 0.25) is 0 Å². The minimum atomic E-state index is -0.583. The van der Waals surface area contributed by atoms with E-state index in [1.807, 2.05) is 13.8 Å². The van der Waals surface area contributed by atoms with Crippen molar-refractivity contribution < 1.29 is 19.1 Å². The van der Waals surface area contributed by atoms with Crippen molar-refractivity contribution in [3.05, 3.63) is 98.7 Å². The van der Waals surface area contributed by atoms with Crippen molar-refractivity contribution in [2.24, 2.45) is 0 Å². The lowest BCUT2D eigenvalue weighted by Gasteiger charge is -2.14. The normalized spacial score (nSPS) is 15.1. The molecular formula is C35H36N6O5. The molecule has 0 saturated carbocycles. The summed E-state index contributed by atoms with van der Waals surface area (Å²) in [6, 6.07) is 12.1. The molecule has 2 aromatic carbocycles. The molecule has 46 heavy (non-hydrogen) atoms. The van der Waals surface area contributed by atoms with Crippen LogP contribution in [0.25, 0.3) is 22.8 Å². The van der Waals surface area contributed by atoms with Gasteiger partial charge >= 0.3 is 0 Å². The molecule has 236 valence electrons. The first kappa shape index (κ1) is 30.6. The number of aromatic amines is 2. The fourth-order valence-electron chi connectivity index (χ4n) is 6.08. The first-order valence-corrected chi connectivity index (χ1v) is 15.3. The van der Waals surface area contributed by atoms with Crippen LogP contribution in [-0.4, -0.2) is 65.9 Å². The van der Waals surface area contributed by atoms with Crippen LogP contribution in [0.15, 0.2) is 59.7 Å². The molecule has 0 aliphatic carbocycles. The van der Waals surface area contributed by atoms with Crippen molar-refractivity contribution in [3.63, 3.8) is 0 Å². The minimum Gasteiger partial charge on any atom is -0.497 e. The van der Waals surface area contributed by atoms with Crippen LogP contribution in [-0.2, 0) is 4.79 Å². The number of pyridine rings is 1. The number of ether oxygens (including phenoxy) is 1. The topological polar surface area (TPSA) is 148 Å². The zero-order valence-electron chi connectivity index (χ0n) is 26.0. The third-order valence-corrected chi connectivity index (χ3v) is 8.55. The second-order valence-corrected chi connectivity index (χ2v) is 11.5. The number of hydrogen-bond donors (Lipinski definition) is 5. The number of anilines is 2. The summed E-state index contributed by atoms with van der Waals surface area (Å²) < 4.78 is 5.19. The van der Waals surface area contributed by atoms with Crippen LogP contribution in [0.4, 0.5) is 11.4 Å². The van der Waals surface area contributed by atoms with Gasteiger partial charge in [-0.1, -0.05) is 18.2 Å². The van der Waals surface area contributed by atoms with Crippen LogP contribution in [0.5, 0.6) is 5.75 Å². The summed E-state index contributed by atoms with van der Waals surface area (Å²) in [5, 5.41) is 8.66. The maximum absolute atomic E-state index is 13.2. The lowest BCUT2D eigenvalue weighted by atomic mass is 10.0. The largest absolute Gasteiger partial charge is 0.497 e. The second-order valence-electron chi connectivity index (χ2n) is 11.5. The summed E-state index contributed by atoms with van der Waals surface area (Å²) in [7, 11) is 1.56. The smallest absolute Gasteiger partial charge is 0.261 e. The highest BCUT2D eigenvalue weighted by Crippen LogP contribution is 2.36. The SMILES string of the molecule is COc1ccc(-c2c[nH]cc(C(=O)Nc3ccc4c(c3)NC(=O)C4=Cc3[nH]c(C)c(C(=O)NCCN4CCCC4)c3C)c2=O)cc1. The van der Waals surface area contributed by atoms with E-state index in [9.17, 15) is 19.2 Å². The average molecular weight is 621 g/mol. The quantitative estimate of drug-likeness (QED) is 0.173. The van der Waals surface area contributed by atoms with Gasteiger partial charge in [-0.3, -0.25) is 19.2 Å². The number of fused-ring (bicyclic) bond motifs is 1. The van der Waals surface area contributed by atoms with E-state index in [0.717, 1.165) is 30.9 Å². The molecule has 0 atom stereocenters. The molecule has 0 spiro atoms. The van der Waals surface area contributed by atoms with E-state index in [-0.39, 0.29) is 17.4 Å². The molecule has 11 nitrogen and oxygen atoms in total. The zero-order chi connectivity index (χ0) is 32.4. The molecule has 1 fully saturated rings. The Morgan fingerprint density at radius 2 is 1.74 bits per heavy atom. The van der Waals surface area contributed by atoms with Crippen molar-refractivity contribution in [3.8, 4) is 16.9 Å². The zero-order valence-corrected chi connectivity index (χ0v) is 26.0. The van der Waals surface area contributed by atoms with Gasteiger partial charge in [0.1, 0.15) is 11.3 Å². The molecule has 4 aromatic rings. The molecule has 4 heterocycles. The number of amides is 3. The first-order valence-electron chi connectivity index (χ1n) is 15.3. The number of hydrogen-bond acceptors (Lipinski definition) is 6. The fraction of sp³-hybridized carbons (Fsp3) is 0.257. The molecule has 6 rings (SSSR count). The number of carbonyl (C=O) groups excluding carboxylic acids is 3. The number of rotatable bonds is 9. The molecule has 0 bridgehead atoms. The Labute approximate surface area is 266 Å². The summed E-state index contributed by atoms with van der Waals surface area (Å²) in [6.45, 7) is 7.27. The molecule has 3 amide bonds. The van der Waals surface area contributed by atoms with Gasteiger partial charge in [-0.05, 0) is 81.2 Å². The first-order chi connectivity index (χ1) is 22.2. The fourth-order valence-corrected chi connectivity index (χ4v) is 6.08. The maximum atomic E-state index is 13.2. The highest BCUT2D eigenvalue weighted by molar-refractivity contribution is 6.35. The predicted molar refractivity (Wildman–Crippen MR) is 178 cm³/mol. The van der Waals surface area contributed by atoms with Crippen LogP contribution in [0.1, 0.15) is 56.1 Å². The van der Waals surface area contributed by atoms with Gasteiger partial charge in [0.15, 0.2) is 0 Å². The Morgan fingerprint density at radius 1 is 0.978 bits per heavy atom. The van der Waals surface area contributed by atoms with E-state index in [2.05, 4.69) is 30.8 Å². The predicted octanol–water partition coefficient (Wildman–Crippen LogP) is 4.57. The number of benzene rings is 2. The molecular weight excluding hydrogens is 584 g/mol. The van der Waals surface area contributed by atoms with Crippen LogP contribution in [0, 0.1) is 13.8 Å². The number of methoxy groups -OCH3 is 1. The molecule has 0 unspecified atom stereocenters. The second kappa shape index (κ2) is 12.9.